The first-order valence-corrected chi connectivity index (χ1v) is 11.1. The van der Waals surface area contributed by atoms with Gasteiger partial charge in [-0.1, -0.05) is 18.8 Å². The molecule has 8 heteroatoms. The number of likely N-dealkylation sites (N-methyl/N-ethyl adjacent to an activating group) is 1. The van der Waals surface area contributed by atoms with Crippen molar-refractivity contribution in [3.8, 4) is 17.6 Å². The molecular weight excluding hydrogens is 392 g/mol. The van der Waals surface area contributed by atoms with Gasteiger partial charge in [-0.05, 0) is 53.1 Å². The molecule has 1 aliphatic rings. The van der Waals surface area contributed by atoms with Crippen LogP contribution in [0.3, 0.4) is 0 Å². The summed E-state index contributed by atoms with van der Waals surface area (Å²) in [6.45, 7) is 7.40. The van der Waals surface area contributed by atoms with E-state index in [2.05, 4.69) is 11.8 Å². The van der Waals surface area contributed by atoms with Gasteiger partial charge < -0.3 is 19.8 Å². The minimum Gasteiger partial charge on any atom is -0.487 e. The van der Waals surface area contributed by atoms with Crippen LogP contribution in [0.25, 0.3) is 0 Å². The quantitative estimate of drug-likeness (QED) is 0.705. The van der Waals surface area contributed by atoms with Crippen molar-refractivity contribution >= 4 is 10.0 Å². The zero-order valence-corrected chi connectivity index (χ0v) is 18.8. The molecule has 0 saturated carbocycles. The molecule has 0 radical (unpaired) electrons. The molecule has 0 bridgehead atoms. The Balaban J connectivity index is 2.62. The van der Waals surface area contributed by atoms with Crippen LogP contribution in [-0.4, -0.2) is 79.4 Å². The summed E-state index contributed by atoms with van der Waals surface area (Å²) in [6, 6.07) is 4.14. The first kappa shape index (κ1) is 23.6. The minimum absolute atomic E-state index is 0.0577. The van der Waals surface area contributed by atoms with Crippen LogP contribution in [0.1, 0.15) is 33.3 Å². The van der Waals surface area contributed by atoms with Crippen LogP contribution in [0.5, 0.6) is 5.75 Å². The molecule has 1 aliphatic heterocycles. The number of ether oxygens (including phenoxy) is 1. The Hall–Kier alpha value is -1.63. The van der Waals surface area contributed by atoms with E-state index in [9.17, 15) is 18.6 Å². The third kappa shape index (κ3) is 5.93. The molecule has 1 aromatic rings. The summed E-state index contributed by atoms with van der Waals surface area (Å²) in [6.07, 6.45) is -0.245. The van der Waals surface area contributed by atoms with Crippen molar-refractivity contribution < 1.29 is 23.4 Å². The fraction of sp³-hybridized carbons (Fsp3) is 0.619. The molecular formula is C21H32N2O5S. The smallest absolute Gasteiger partial charge is 0.247 e. The number of rotatable bonds is 4. The number of fused-ring (bicyclic) bond motifs is 1. The molecule has 0 unspecified atom stereocenters. The van der Waals surface area contributed by atoms with E-state index in [0.29, 0.717) is 12.1 Å². The van der Waals surface area contributed by atoms with Crippen LogP contribution in [0.4, 0.5) is 0 Å². The topological polar surface area (TPSA) is 90.3 Å². The number of aliphatic hydroxyl groups is 2. The summed E-state index contributed by atoms with van der Waals surface area (Å²) in [5.74, 6) is 5.74. The van der Waals surface area contributed by atoms with E-state index in [4.69, 9.17) is 4.74 Å². The number of sulfonamides is 1. The van der Waals surface area contributed by atoms with Crippen LogP contribution in [-0.2, 0) is 10.0 Å². The number of benzene rings is 1. The van der Waals surface area contributed by atoms with Gasteiger partial charge in [0.05, 0.1) is 6.61 Å². The molecule has 3 atom stereocenters. The van der Waals surface area contributed by atoms with Crippen molar-refractivity contribution in [2.75, 3.05) is 33.8 Å². The highest BCUT2D eigenvalue weighted by Crippen LogP contribution is 2.34. The Morgan fingerprint density at radius 3 is 2.59 bits per heavy atom. The molecule has 7 nitrogen and oxygen atoms in total. The molecule has 1 heterocycles. The summed E-state index contributed by atoms with van der Waals surface area (Å²) < 4.78 is 34.2. The van der Waals surface area contributed by atoms with Crippen molar-refractivity contribution in [2.24, 2.45) is 5.92 Å². The zero-order chi connectivity index (χ0) is 22.0. The lowest BCUT2D eigenvalue weighted by Gasteiger charge is -2.37. The van der Waals surface area contributed by atoms with E-state index in [-0.39, 0.29) is 35.8 Å². The third-order valence-electron chi connectivity index (χ3n) is 4.72. The number of hydrogen-bond acceptors (Lipinski definition) is 6. The molecule has 0 amide bonds. The van der Waals surface area contributed by atoms with Gasteiger partial charge in [-0.3, -0.25) is 0 Å². The molecule has 0 aliphatic carbocycles. The standard InChI is InChI=1S/C21H32N2O5S/c1-15-12-23(16(2)14-24)29(26,27)20-8-7-17(9-10-21(3,4)25)11-18(20)28-19(15)13-22(5)6/h7-8,11,15-16,19,24-25H,12-14H2,1-6H3/t15-,16-,19-/m0/s1. The summed E-state index contributed by atoms with van der Waals surface area (Å²) in [5, 5.41) is 19.5. The molecule has 2 rings (SSSR count). The highest BCUT2D eigenvalue weighted by atomic mass is 32.2. The Kier molecular flexibility index (Phi) is 7.36. The Morgan fingerprint density at radius 1 is 1.38 bits per heavy atom. The van der Waals surface area contributed by atoms with E-state index in [1.807, 2.05) is 25.9 Å². The lowest BCUT2D eigenvalue weighted by Crippen LogP contribution is -2.49. The van der Waals surface area contributed by atoms with Crippen LogP contribution in [0, 0.1) is 17.8 Å². The normalized spacial score (nSPS) is 23.2. The fourth-order valence-electron chi connectivity index (χ4n) is 3.11. The van der Waals surface area contributed by atoms with E-state index >= 15 is 0 Å². The van der Waals surface area contributed by atoms with Crippen LogP contribution >= 0.6 is 0 Å². The van der Waals surface area contributed by atoms with Crippen LogP contribution in [0.2, 0.25) is 0 Å². The molecule has 2 N–H and O–H groups in total. The lowest BCUT2D eigenvalue weighted by molar-refractivity contribution is 0.0812. The van der Waals surface area contributed by atoms with Crippen LogP contribution in [0.15, 0.2) is 23.1 Å². The van der Waals surface area contributed by atoms with Crippen molar-refractivity contribution in [3.05, 3.63) is 23.8 Å². The van der Waals surface area contributed by atoms with Gasteiger partial charge in [0.25, 0.3) is 0 Å². The van der Waals surface area contributed by atoms with Gasteiger partial charge in [0.1, 0.15) is 22.4 Å². The van der Waals surface area contributed by atoms with E-state index < -0.39 is 21.7 Å². The molecule has 0 spiro atoms. The molecule has 1 aromatic carbocycles. The Bertz CT molecular complexity index is 881. The van der Waals surface area contributed by atoms with Gasteiger partial charge in [0.2, 0.25) is 10.0 Å². The van der Waals surface area contributed by atoms with Gasteiger partial charge in [-0.15, -0.1) is 0 Å². The second kappa shape index (κ2) is 9.02. The van der Waals surface area contributed by atoms with E-state index in [0.717, 1.165) is 0 Å². The van der Waals surface area contributed by atoms with Gasteiger partial charge in [-0.2, -0.15) is 4.31 Å². The predicted octanol–water partition coefficient (Wildman–Crippen LogP) is 1.14. The highest BCUT2D eigenvalue weighted by molar-refractivity contribution is 7.89. The summed E-state index contributed by atoms with van der Waals surface area (Å²) in [7, 11) is 0.0110. The lowest BCUT2D eigenvalue weighted by atomic mass is 10.0. The number of nitrogens with zero attached hydrogens (tertiary/aromatic N) is 2. The zero-order valence-electron chi connectivity index (χ0n) is 18.0. The fourth-order valence-corrected chi connectivity index (χ4v) is 4.93. The second-order valence-corrected chi connectivity index (χ2v) is 10.3. The van der Waals surface area contributed by atoms with Crippen LogP contribution < -0.4 is 4.74 Å². The van der Waals surface area contributed by atoms with E-state index in [1.54, 1.807) is 32.9 Å². The van der Waals surface area contributed by atoms with Gasteiger partial charge in [0, 0.05) is 30.6 Å². The van der Waals surface area contributed by atoms with Gasteiger partial charge in [-0.25, -0.2) is 8.42 Å². The first-order chi connectivity index (χ1) is 13.3. The predicted molar refractivity (Wildman–Crippen MR) is 112 cm³/mol. The highest BCUT2D eigenvalue weighted by Gasteiger charge is 2.37. The average molecular weight is 425 g/mol. The second-order valence-electron chi connectivity index (χ2n) is 8.47. The van der Waals surface area contributed by atoms with E-state index in [1.165, 1.54) is 10.4 Å². The van der Waals surface area contributed by atoms with Crippen molar-refractivity contribution in [1.29, 1.82) is 0 Å². The maximum Gasteiger partial charge on any atom is 0.247 e. The average Bonchev–Trinajstić information content (AvgIpc) is 2.61. The molecule has 0 saturated heterocycles. The largest absolute Gasteiger partial charge is 0.487 e. The summed E-state index contributed by atoms with van der Waals surface area (Å²) in [4.78, 5) is 2.05. The summed E-state index contributed by atoms with van der Waals surface area (Å²) in [5.41, 5.74) is -0.605. The molecule has 0 fully saturated rings. The monoisotopic (exact) mass is 424 g/mol. The molecule has 29 heavy (non-hydrogen) atoms. The third-order valence-corrected chi connectivity index (χ3v) is 6.74. The molecule has 162 valence electrons. The number of hydrogen-bond donors (Lipinski definition) is 2. The van der Waals surface area contributed by atoms with Crippen molar-refractivity contribution in [3.63, 3.8) is 0 Å². The first-order valence-electron chi connectivity index (χ1n) is 9.69. The minimum atomic E-state index is -3.86. The summed E-state index contributed by atoms with van der Waals surface area (Å²) >= 11 is 0. The Labute approximate surface area is 174 Å². The number of aliphatic hydroxyl groups excluding tert-OH is 1. The Morgan fingerprint density at radius 2 is 2.03 bits per heavy atom. The maximum absolute atomic E-state index is 13.3. The van der Waals surface area contributed by atoms with Crippen molar-refractivity contribution in [1.82, 2.24) is 9.21 Å². The SMILES string of the molecule is C[C@H]1CN([C@@H](C)CO)S(=O)(=O)c2ccc(C#CC(C)(C)O)cc2O[C@H]1CN(C)C. The molecule has 0 aromatic heterocycles. The van der Waals surface area contributed by atoms with Gasteiger partial charge >= 0.3 is 0 Å². The maximum atomic E-state index is 13.3. The van der Waals surface area contributed by atoms with Crippen molar-refractivity contribution in [2.45, 2.75) is 50.3 Å². The van der Waals surface area contributed by atoms with Gasteiger partial charge in [0.15, 0.2) is 0 Å².